The molecule has 224 valence electrons. The summed E-state index contributed by atoms with van der Waals surface area (Å²) in [6, 6.07) is 17.9. The average molecular weight is 620 g/mol. The van der Waals surface area contributed by atoms with Gasteiger partial charge in [-0.2, -0.15) is 9.03 Å². The van der Waals surface area contributed by atoms with E-state index in [1.165, 1.54) is 23.5 Å². The second-order valence-corrected chi connectivity index (χ2v) is 15.5. The number of hydrogen-bond donors (Lipinski definition) is 2. The molecule has 0 saturated heterocycles. The molecule has 8 nitrogen and oxygen atoms in total. The van der Waals surface area contributed by atoms with E-state index in [1.807, 2.05) is 58.0 Å². The van der Waals surface area contributed by atoms with Crippen molar-refractivity contribution in [3.63, 3.8) is 0 Å². The third-order valence-corrected chi connectivity index (χ3v) is 11.5. The van der Waals surface area contributed by atoms with Gasteiger partial charge in [0, 0.05) is 19.1 Å². The van der Waals surface area contributed by atoms with Crippen LogP contribution in [0, 0.1) is 12.8 Å². The largest absolute Gasteiger partial charge is 0.355 e. The quantitative estimate of drug-likeness (QED) is 0.220. The zero-order chi connectivity index (χ0) is 30.0. The Morgan fingerprint density at radius 2 is 1.59 bits per heavy atom. The molecule has 2 N–H and O–H groups in total. The van der Waals surface area contributed by atoms with Crippen LogP contribution in [-0.4, -0.2) is 52.2 Å². The van der Waals surface area contributed by atoms with Gasteiger partial charge in [0.25, 0.3) is 10.0 Å². The zero-order valence-corrected chi connectivity index (χ0v) is 26.6. The maximum absolute atomic E-state index is 13.2. The molecule has 0 aliphatic heterocycles. The smallest absolute Gasteiger partial charge is 0.252 e. The second-order valence-electron chi connectivity index (χ2n) is 10.7. The highest BCUT2D eigenvalue weighted by atomic mass is 32.2. The number of thiophene rings is 1. The Hall–Kier alpha value is -2.57. The summed E-state index contributed by atoms with van der Waals surface area (Å²) in [5.41, 5.74) is 1.78. The fourth-order valence-electron chi connectivity index (χ4n) is 4.45. The number of unbranched alkanes of at least 4 members (excludes halogenated alkanes) is 1. The Labute approximate surface area is 249 Å². The summed E-state index contributed by atoms with van der Waals surface area (Å²) >= 11 is 1.22. The molecular formula is C30H41N3O5S3. The van der Waals surface area contributed by atoms with Crippen LogP contribution in [-0.2, 0) is 31.3 Å². The van der Waals surface area contributed by atoms with Crippen LogP contribution in [0.5, 0.6) is 0 Å². The highest BCUT2D eigenvalue weighted by Crippen LogP contribution is 2.25. The highest BCUT2D eigenvalue weighted by molar-refractivity contribution is 7.91. The lowest BCUT2D eigenvalue weighted by Gasteiger charge is -2.29. The van der Waals surface area contributed by atoms with Gasteiger partial charge in [0.05, 0.1) is 4.90 Å². The predicted molar refractivity (Wildman–Crippen MR) is 165 cm³/mol. The number of nitrogens with one attached hydrogen (secondary N) is 2. The number of sulfonamides is 2. The lowest BCUT2D eigenvalue weighted by Crippen LogP contribution is -2.48. The van der Waals surface area contributed by atoms with Crippen LogP contribution in [0.25, 0.3) is 0 Å². The number of carbonyl (C=O) groups excluding carboxylic acids is 1. The van der Waals surface area contributed by atoms with E-state index in [-0.39, 0.29) is 23.3 Å². The van der Waals surface area contributed by atoms with E-state index in [0.29, 0.717) is 36.6 Å². The van der Waals surface area contributed by atoms with E-state index in [2.05, 4.69) is 10.0 Å². The minimum atomic E-state index is -3.91. The molecule has 1 heterocycles. The maximum atomic E-state index is 13.2. The Balaban J connectivity index is 1.59. The first-order valence-corrected chi connectivity index (χ1v) is 17.7. The predicted octanol–water partition coefficient (Wildman–Crippen LogP) is 4.97. The molecule has 1 amide bonds. The second kappa shape index (κ2) is 15.1. The molecule has 0 saturated carbocycles. The molecule has 0 aliphatic rings. The average Bonchev–Trinajstić information content (AvgIpc) is 3.48. The van der Waals surface area contributed by atoms with Gasteiger partial charge in [-0.1, -0.05) is 74.4 Å². The first kappa shape index (κ1) is 32.9. The molecule has 0 spiro atoms. The fraction of sp³-hybridized carbons (Fsp3) is 0.433. The summed E-state index contributed by atoms with van der Waals surface area (Å²) in [7, 11) is -7.49. The van der Waals surface area contributed by atoms with Crippen LogP contribution < -0.4 is 10.0 Å². The minimum absolute atomic E-state index is 0.103. The molecule has 0 unspecified atom stereocenters. The number of aryl methyl sites for hydroxylation is 1. The maximum Gasteiger partial charge on any atom is 0.252 e. The molecule has 0 radical (unpaired) electrons. The summed E-state index contributed by atoms with van der Waals surface area (Å²) in [6.07, 6.45) is 2.18. The summed E-state index contributed by atoms with van der Waals surface area (Å²) in [5.74, 6) is -0.226. The van der Waals surface area contributed by atoms with Crippen LogP contribution in [0.3, 0.4) is 0 Å². The lowest BCUT2D eigenvalue weighted by atomic mass is 10.1. The number of amides is 1. The van der Waals surface area contributed by atoms with Gasteiger partial charge in [0.15, 0.2) is 0 Å². The van der Waals surface area contributed by atoms with Crippen molar-refractivity contribution < 1.29 is 21.6 Å². The van der Waals surface area contributed by atoms with E-state index in [1.54, 1.807) is 34.0 Å². The van der Waals surface area contributed by atoms with E-state index >= 15 is 0 Å². The van der Waals surface area contributed by atoms with Crippen molar-refractivity contribution in [2.75, 3.05) is 13.1 Å². The Morgan fingerprint density at radius 3 is 2.20 bits per heavy atom. The molecule has 0 aliphatic carbocycles. The number of benzene rings is 2. The van der Waals surface area contributed by atoms with Gasteiger partial charge in [0.1, 0.15) is 10.3 Å². The Bertz CT molecular complexity index is 1440. The van der Waals surface area contributed by atoms with Gasteiger partial charge in [-0.25, -0.2) is 16.8 Å². The molecular weight excluding hydrogens is 579 g/mol. The van der Waals surface area contributed by atoms with Gasteiger partial charge < -0.3 is 5.32 Å². The van der Waals surface area contributed by atoms with Crippen LogP contribution in [0.15, 0.2) is 81.2 Å². The lowest BCUT2D eigenvalue weighted by molar-refractivity contribution is -0.122. The standard InChI is InChI=1S/C30H41N3O5S3/c1-23(2)22-33(41(37,38)29-14-10-20-39-29)25(4)11-8-9-19-31-30(34)28(21-26-12-6-5-7-13-26)32-40(35,36)27-17-15-24(3)16-18-27/h5-7,10,12-18,20,23,25,28,32H,8-9,11,19,21-22H2,1-4H3,(H,31,34)/t25-,28+/m1/s1. The van der Waals surface area contributed by atoms with Gasteiger partial charge >= 0.3 is 0 Å². The summed E-state index contributed by atoms with van der Waals surface area (Å²) in [6.45, 7) is 8.57. The van der Waals surface area contributed by atoms with Gasteiger partial charge in [-0.15, -0.1) is 11.3 Å². The zero-order valence-electron chi connectivity index (χ0n) is 24.1. The number of carbonyl (C=O) groups is 1. The molecule has 0 fully saturated rings. The van der Waals surface area contributed by atoms with Crippen LogP contribution in [0.4, 0.5) is 0 Å². The molecule has 41 heavy (non-hydrogen) atoms. The van der Waals surface area contributed by atoms with Gasteiger partial charge in [-0.05, 0) is 68.2 Å². The van der Waals surface area contributed by atoms with Crippen molar-refractivity contribution in [3.8, 4) is 0 Å². The topological polar surface area (TPSA) is 113 Å². The van der Waals surface area contributed by atoms with Gasteiger partial charge in [-0.3, -0.25) is 4.79 Å². The number of nitrogens with zero attached hydrogens (tertiary/aromatic N) is 1. The third-order valence-electron chi connectivity index (χ3n) is 6.67. The van der Waals surface area contributed by atoms with Crippen LogP contribution in [0.2, 0.25) is 0 Å². The molecule has 2 atom stereocenters. The minimum Gasteiger partial charge on any atom is -0.355 e. The molecule has 1 aromatic heterocycles. The monoisotopic (exact) mass is 619 g/mol. The Morgan fingerprint density at radius 1 is 0.902 bits per heavy atom. The molecule has 11 heteroatoms. The fourth-order valence-corrected chi connectivity index (χ4v) is 8.59. The molecule has 3 rings (SSSR count). The van der Waals surface area contributed by atoms with E-state index in [0.717, 1.165) is 11.1 Å². The van der Waals surface area contributed by atoms with Crippen molar-refractivity contribution in [3.05, 3.63) is 83.2 Å². The SMILES string of the molecule is Cc1ccc(S(=O)(=O)N[C@@H](Cc2ccccc2)C(=O)NCCCC[C@@H](C)N(CC(C)C)S(=O)(=O)c2cccs2)cc1. The summed E-state index contributed by atoms with van der Waals surface area (Å²) < 4.78 is 57.1. The van der Waals surface area contributed by atoms with Crippen LogP contribution >= 0.6 is 11.3 Å². The summed E-state index contributed by atoms with van der Waals surface area (Å²) in [5, 5.41) is 4.64. The summed E-state index contributed by atoms with van der Waals surface area (Å²) in [4.78, 5) is 13.3. The normalized spacial score (nSPS) is 13.8. The van der Waals surface area contributed by atoms with E-state index in [9.17, 15) is 21.6 Å². The Kier molecular flexibility index (Phi) is 12.1. The van der Waals surface area contributed by atoms with Crippen molar-refractivity contribution >= 4 is 37.3 Å². The highest BCUT2D eigenvalue weighted by Gasteiger charge is 2.30. The molecule has 2 aromatic carbocycles. The van der Waals surface area contributed by atoms with Crippen molar-refractivity contribution in [2.45, 2.75) is 74.6 Å². The van der Waals surface area contributed by atoms with Crippen LogP contribution in [0.1, 0.15) is 51.2 Å². The molecule has 3 aromatic rings. The van der Waals surface area contributed by atoms with Gasteiger partial charge in [0.2, 0.25) is 15.9 Å². The van der Waals surface area contributed by atoms with Crippen molar-refractivity contribution in [1.82, 2.24) is 14.3 Å². The van der Waals surface area contributed by atoms with Crippen molar-refractivity contribution in [2.24, 2.45) is 5.92 Å². The van der Waals surface area contributed by atoms with E-state index in [4.69, 9.17) is 0 Å². The van der Waals surface area contributed by atoms with E-state index < -0.39 is 32.0 Å². The number of rotatable bonds is 16. The molecule has 0 bridgehead atoms. The third kappa shape index (κ3) is 9.75. The number of hydrogen-bond acceptors (Lipinski definition) is 6. The first-order chi connectivity index (χ1) is 19.4. The van der Waals surface area contributed by atoms with Crippen molar-refractivity contribution in [1.29, 1.82) is 0 Å². The first-order valence-electron chi connectivity index (χ1n) is 13.9.